The Bertz CT molecular complexity index is 398. The quantitative estimate of drug-likeness (QED) is 0.125. The van der Waals surface area contributed by atoms with E-state index >= 15 is 0 Å². The van der Waals surface area contributed by atoms with Crippen molar-refractivity contribution < 1.29 is 27.2 Å². The molecule has 0 saturated carbocycles. The van der Waals surface area contributed by atoms with Crippen LogP contribution in [0.5, 0.6) is 0 Å². The van der Waals surface area contributed by atoms with Gasteiger partial charge in [-0.3, -0.25) is 0 Å². The van der Waals surface area contributed by atoms with Crippen LogP contribution in [0.15, 0.2) is 12.7 Å². The zero-order valence-electron chi connectivity index (χ0n) is 18.7. The van der Waals surface area contributed by atoms with Gasteiger partial charge in [-0.25, -0.2) is 4.79 Å². The smallest absolute Gasteiger partial charge is 0.460 e. The minimum absolute atomic E-state index is 0.0249. The Labute approximate surface area is 173 Å². The summed E-state index contributed by atoms with van der Waals surface area (Å²) >= 11 is 0. The number of unbranched alkanes of at least 4 members (excludes halogenated alkanes) is 6. The average molecular weight is 419 g/mol. The Hall–Kier alpha value is -0.733. The summed E-state index contributed by atoms with van der Waals surface area (Å²) in [6.45, 7) is 12.3. The minimum atomic E-state index is -2.98. The fourth-order valence-corrected chi connectivity index (χ4v) is 4.86. The van der Waals surface area contributed by atoms with Crippen molar-refractivity contribution in [1.29, 1.82) is 0 Å². The molecule has 0 aliphatic rings. The van der Waals surface area contributed by atoms with Crippen LogP contribution in [0.4, 0.5) is 0 Å². The maximum atomic E-state index is 11.1. The first kappa shape index (κ1) is 27.3. The average Bonchev–Trinajstić information content (AvgIpc) is 2.66. The van der Waals surface area contributed by atoms with Gasteiger partial charge in [0.2, 0.25) is 0 Å². The fraction of sp³-hybridized carbons (Fsp3) is 0.857. The number of carbonyl (C=O) groups excluding carboxylic acids is 1. The van der Waals surface area contributed by atoms with Gasteiger partial charge in [-0.2, -0.15) is 0 Å². The normalized spacial score (nSPS) is 13.9. The molecule has 0 bridgehead atoms. The van der Waals surface area contributed by atoms with E-state index in [1.54, 1.807) is 7.11 Å². The lowest BCUT2D eigenvalue weighted by Gasteiger charge is -2.28. The molecule has 28 heavy (non-hydrogen) atoms. The molecule has 0 aromatic carbocycles. The fourth-order valence-electron chi connectivity index (χ4n) is 2.99. The van der Waals surface area contributed by atoms with Crippen molar-refractivity contribution in [3.05, 3.63) is 12.7 Å². The van der Waals surface area contributed by atoms with Crippen molar-refractivity contribution in [2.24, 2.45) is 0 Å². The molecule has 2 unspecified atom stereocenters. The Morgan fingerprint density at radius 2 is 1.36 bits per heavy atom. The number of rotatable bonds is 19. The molecular weight excluding hydrogens is 376 g/mol. The topological polar surface area (TPSA) is 63.2 Å². The van der Waals surface area contributed by atoms with Crippen molar-refractivity contribution in [1.82, 2.24) is 0 Å². The van der Waals surface area contributed by atoms with Crippen LogP contribution in [0, 0.1) is 0 Å². The Kier molecular flexibility index (Phi) is 16.7. The molecule has 0 spiro atoms. The van der Waals surface area contributed by atoms with Crippen molar-refractivity contribution in [3.63, 3.8) is 0 Å². The predicted molar refractivity (Wildman–Crippen MR) is 114 cm³/mol. The Morgan fingerprint density at radius 1 is 0.893 bits per heavy atom. The van der Waals surface area contributed by atoms with Crippen molar-refractivity contribution in [2.45, 2.75) is 97.7 Å². The summed E-state index contributed by atoms with van der Waals surface area (Å²) in [7, 11) is -1.39. The van der Waals surface area contributed by atoms with Crippen molar-refractivity contribution in [3.8, 4) is 0 Å². The van der Waals surface area contributed by atoms with E-state index in [1.807, 2.05) is 20.8 Å². The summed E-state index contributed by atoms with van der Waals surface area (Å²) < 4.78 is 27.9. The van der Waals surface area contributed by atoms with E-state index in [0.717, 1.165) is 25.7 Å². The van der Waals surface area contributed by atoms with E-state index in [9.17, 15) is 4.79 Å². The molecule has 7 heteroatoms. The molecule has 0 aliphatic heterocycles. The van der Waals surface area contributed by atoms with Crippen LogP contribution in [-0.2, 0) is 27.2 Å². The van der Waals surface area contributed by atoms with Gasteiger partial charge in [-0.1, -0.05) is 45.1 Å². The van der Waals surface area contributed by atoms with E-state index in [-0.39, 0.29) is 18.2 Å². The number of hydrogen-bond acceptors (Lipinski definition) is 6. The summed E-state index contributed by atoms with van der Waals surface area (Å²) in [6.07, 6.45) is 11.4. The summed E-state index contributed by atoms with van der Waals surface area (Å²) in [6, 6.07) is 0. The Balaban J connectivity index is 3.74. The van der Waals surface area contributed by atoms with Crippen LogP contribution in [0.3, 0.4) is 0 Å². The van der Waals surface area contributed by atoms with Gasteiger partial charge in [0, 0.05) is 32.5 Å². The molecule has 0 rings (SSSR count). The van der Waals surface area contributed by atoms with Gasteiger partial charge in [-0.15, -0.1) is 0 Å². The third-order valence-corrected chi connectivity index (χ3v) is 6.92. The first-order valence-corrected chi connectivity index (χ1v) is 12.4. The van der Waals surface area contributed by atoms with Crippen molar-refractivity contribution in [2.75, 3.05) is 20.3 Å². The van der Waals surface area contributed by atoms with Crippen LogP contribution in [0.2, 0.25) is 0 Å². The standard InChI is InChI=1S/C21H42O6Si/c1-7-21(22)26-19(4)17-15-13-11-10-12-14-16-18-20(5)27-28(23-6,24-8-2)25-9-3/h7,19-20H,1,8-18H2,2-6H3. The van der Waals surface area contributed by atoms with Crippen LogP contribution in [0.1, 0.15) is 85.5 Å². The van der Waals surface area contributed by atoms with Gasteiger partial charge in [0.25, 0.3) is 0 Å². The molecule has 166 valence electrons. The maximum Gasteiger partial charge on any atom is 0.679 e. The monoisotopic (exact) mass is 418 g/mol. The highest BCUT2D eigenvalue weighted by molar-refractivity contribution is 6.53. The largest absolute Gasteiger partial charge is 0.679 e. The molecule has 0 N–H and O–H groups in total. The second-order valence-electron chi connectivity index (χ2n) is 7.00. The molecule has 0 aliphatic carbocycles. The molecule has 6 nitrogen and oxygen atoms in total. The van der Waals surface area contributed by atoms with E-state index in [0.29, 0.717) is 13.2 Å². The van der Waals surface area contributed by atoms with E-state index in [2.05, 4.69) is 13.5 Å². The first-order chi connectivity index (χ1) is 13.4. The Morgan fingerprint density at radius 3 is 1.79 bits per heavy atom. The zero-order chi connectivity index (χ0) is 21.3. The maximum absolute atomic E-state index is 11.1. The zero-order valence-corrected chi connectivity index (χ0v) is 19.7. The van der Waals surface area contributed by atoms with Crippen LogP contribution < -0.4 is 0 Å². The lowest BCUT2D eigenvalue weighted by atomic mass is 10.1. The molecular formula is C21H42O6Si. The number of ether oxygens (including phenoxy) is 1. The van der Waals surface area contributed by atoms with Crippen LogP contribution >= 0.6 is 0 Å². The molecule has 0 heterocycles. The highest BCUT2D eigenvalue weighted by atomic mass is 28.4. The van der Waals surface area contributed by atoms with E-state index < -0.39 is 9.05 Å². The minimum Gasteiger partial charge on any atom is -0.460 e. The van der Waals surface area contributed by atoms with Crippen molar-refractivity contribution >= 4 is 15.0 Å². The van der Waals surface area contributed by atoms with Gasteiger partial charge in [0.15, 0.2) is 0 Å². The van der Waals surface area contributed by atoms with Gasteiger partial charge in [-0.05, 0) is 47.0 Å². The molecule has 0 aromatic heterocycles. The van der Waals surface area contributed by atoms with Gasteiger partial charge >= 0.3 is 15.0 Å². The lowest BCUT2D eigenvalue weighted by Crippen LogP contribution is -2.50. The second-order valence-corrected chi connectivity index (χ2v) is 9.22. The predicted octanol–water partition coefficient (Wildman–Crippen LogP) is 5.18. The number of esters is 1. The molecule has 0 radical (unpaired) electrons. The molecule has 2 atom stereocenters. The molecule has 0 aromatic rings. The highest BCUT2D eigenvalue weighted by Crippen LogP contribution is 2.18. The number of hydrogen-bond donors (Lipinski definition) is 0. The third kappa shape index (κ3) is 13.4. The highest BCUT2D eigenvalue weighted by Gasteiger charge is 2.45. The third-order valence-electron chi connectivity index (χ3n) is 4.44. The van der Waals surface area contributed by atoms with Gasteiger partial charge < -0.3 is 22.4 Å². The molecule has 0 fully saturated rings. The van der Waals surface area contributed by atoms with Crippen LogP contribution in [-0.4, -0.2) is 47.5 Å². The summed E-state index contributed by atoms with van der Waals surface area (Å²) in [5.74, 6) is -0.335. The van der Waals surface area contributed by atoms with Gasteiger partial charge in [0.05, 0.1) is 6.10 Å². The lowest BCUT2D eigenvalue weighted by molar-refractivity contribution is -0.142. The van der Waals surface area contributed by atoms with E-state index in [1.165, 1.54) is 38.2 Å². The van der Waals surface area contributed by atoms with E-state index in [4.69, 9.17) is 22.4 Å². The second kappa shape index (κ2) is 17.2. The number of carbonyl (C=O) groups is 1. The van der Waals surface area contributed by atoms with Crippen LogP contribution in [0.25, 0.3) is 0 Å². The first-order valence-electron chi connectivity index (χ1n) is 10.8. The summed E-state index contributed by atoms with van der Waals surface area (Å²) in [5.41, 5.74) is 0. The summed E-state index contributed by atoms with van der Waals surface area (Å²) in [5, 5.41) is 0. The molecule has 0 saturated heterocycles. The summed E-state index contributed by atoms with van der Waals surface area (Å²) in [4.78, 5) is 11.1. The SMILES string of the molecule is C=CC(=O)OC(C)CCCCCCCCCC(C)O[Si](OC)(OCC)OCC. The van der Waals surface area contributed by atoms with Gasteiger partial charge in [0.1, 0.15) is 0 Å². The molecule has 0 amide bonds.